The van der Waals surface area contributed by atoms with Crippen LogP contribution < -0.4 is 10.0 Å². The van der Waals surface area contributed by atoms with E-state index in [4.69, 9.17) is 33.3 Å². The summed E-state index contributed by atoms with van der Waals surface area (Å²) in [6, 6.07) is 7.17. The topological polar surface area (TPSA) is 134 Å². The highest BCUT2D eigenvalue weighted by molar-refractivity contribution is 7.89. The molecule has 3 aromatic rings. The molecule has 0 amide bonds. The number of hydrogen-bond acceptors (Lipinski definition) is 8. The van der Waals surface area contributed by atoms with Gasteiger partial charge in [-0.1, -0.05) is 29.3 Å². The third-order valence-corrected chi connectivity index (χ3v) is 9.04. The molecule has 2 N–H and O–H groups in total. The third kappa shape index (κ3) is 5.75. The molecule has 2 atom stereocenters. The van der Waals surface area contributed by atoms with Crippen LogP contribution in [0.1, 0.15) is 43.5 Å². The van der Waals surface area contributed by atoms with Crippen LogP contribution >= 0.6 is 23.2 Å². The number of benzene rings is 1. The molecule has 0 spiro atoms. The number of nitrogens with zero attached hydrogens (tertiary/aromatic N) is 7. The standard InChI is InChI=1S/C25H30Cl2N8O2S/c1-16(20-6-5-19(26)10-21(20)27)35-25-24(22(11-28)32-35)30-12-23(31-25)34-14-18(15-34)17-4-2-7-33(13-17)8-3-9-38(29,36)37/h5-6,10,12,16-18H,2-4,7-9,13-15H2,1H3,(H2,29,36,37)/t16-,17-/m1/s1. The van der Waals surface area contributed by atoms with Crippen molar-refractivity contribution in [3.8, 4) is 6.07 Å². The van der Waals surface area contributed by atoms with Gasteiger partial charge in [-0.2, -0.15) is 10.4 Å². The summed E-state index contributed by atoms with van der Waals surface area (Å²) >= 11 is 12.5. The van der Waals surface area contributed by atoms with Crippen molar-refractivity contribution in [3.05, 3.63) is 45.7 Å². The molecule has 5 rings (SSSR count). The van der Waals surface area contributed by atoms with E-state index in [9.17, 15) is 13.7 Å². The van der Waals surface area contributed by atoms with E-state index in [1.807, 2.05) is 13.0 Å². The number of likely N-dealkylation sites (tertiary alicyclic amines) is 1. The molecule has 2 aliphatic heterocycles. The Balaban J connectivity index is 1.29. The zero-order chi connectivity index (χ0) is 27.0. The Hall–Kier alpha value is -2.49. The fourth-order valence-electron chi connectivity index (χ4n) is 5.54. The van der Waals surface area contributed by atoms with Crippen LogP contribution in [-0.4, -0.2) is 71.5 Å². The van der Waals surface area contributed by atoms with Crippen LogP contribution in [0.15, 0.2) is 24.4 Å². The minimum absolute atomic E-state index is 0.0272. The fourth-order valence-corrected chi connectivity index (χ4v) is 6.63. The molecule has 1 aromatic carbocycles. The van der Waals surface area contributed by atoms with Crippen molar-refractivity contribution in [1.29, 1.82) is 5.26 Å². The van der Waals surface area contributed by atoms with Gasteiger partial charge in [-0.05, 0) is 68.8 Å². The van der Waals surface area contributed by atoms with Gasteiger partial charge in [-0.25, -0.2) is 28.2 Å². The van der Waals surface area contributed by atoms with Gasteiger partial charge in [0.1, 0.15) is 17.4 Å². The molecule has 0 bridgehead atoms. The SMILES string of the molecule is C[C@H](c1ccc(Cl)cc1Cl)n1nc(C#N)c2ncc(N3CC([C@@H]4CCCN(CCCS(N)(=O)=O)C4)C3)nc21. The molecule has 13 heteroatoms. The molecule has 2 fully saturated rings. The summed E-state index contributed by atoms with van der Waals surface area (Å²) in [6.07, 6.45) is 4.57. The van der Waals surface area contributed by atoms with Crippen LogP contribution in [0.3, 0.4) is 0 Å². The first-order valence-corrected chi connectivity index (χ1v) is 15.2. The number of anilines is 1. The zero-order valence-electron chi connectivity index (χ0n) is 21.1. The number of hydrogen-bond donors (Lipinski definition) is 1. The van der Waals surface area contributed by atoms with Crippen LogP contribution in [0.2, 0.25) is 10.0 Å². The Labute approximate surface area is 232 Å². The fraction of sp³-hybridized carbons (Fsp3) is 0.520. The number of fused-ring (bicyclic) bond motifs is 1. The van der Waals surface area contributed by atoms with Crippen LogP contribution in [-0.2, 0) is 10.0 Å². The minimum atomic E-state index is -3.41. The maximum atomic E-state index is 11.2. The number of rotatable bonds is 8. The number of piperidine rings is 1. The van der Waals surface area contributed by atoms with Crippen molar-refractivity contribution in [2.24, 2.45) is 17.0 Å². The van der Waals surface area contributed by atoms with E-state index < -0.39 is 10.0 Å². The molecular weight excluding hydrogens is 547 g/mol. The Morgan fingerprint density at radius 2 is 2.03 bits per heavy atom. The smallest absolute Gasteiger partial charge is 0.209 e. The van der Waals surface area contributed by atoms with E-state index in [1.54, 1.807) is 23.0 Å². The van der Waals surface area contributed by atoms with Crippen LogP contribution in [0.25, 0.3) is 11.2 Å². The largest absolute Gasteiger partial charge is 0.355 e. The van der Waals surface area contributed by atoms with Crippen molar-refractivity contribution >= 4 is 50.2 Å². The maximum absolute atomic E-state index is 11.2. The highest BCUT2D eigenvalue weighted by Gasteiger charge is 2.36. The van der Waals surface area contributed by atoms with E-state index >= 15 is 0 Å². The van der Waals surface area contributed by atoms with Gasteiger partial charge in [0.2, 0.25) is 10.0 Å². The molecular formula is C25H30Cl2N8O2S. The van der Waals surface area contributed by atoms with Crippen LogP contribution in [0, 0.1) is 23.2 Å². The van der Waals surface area contributed by atoms with Crippen molar-refractivity contribution in [2.75, 3.05) is 43.4 Å². The molecule has 2 aromatic heterocycles. The Kier molecular flexibility index (Phi) is 7.80. The van der Waals surface area contributed by atoms with Gasteiger partial charge in [0, 0.05) is 29.7 Å². The van der Waals surface area contributed by atoms with Gasteiger partial charge in [0.25, 0.3) is 0 Å². The van der Waals surface area contributed by atoms with Gasteiger partial charge < -0.3 is 9.80 Å². The normalized spacial score (nSPS) is 19.9. The monoisotopic (exact) mass is 576 g/mol. The molecule has 0 aliphatic carbocycles. The van der Waals surface area contributed by atoms with Crippen LogP contribution in [0.4, 0.5) is 5.82 Å². The van der Waals surface area contributed by atoms with Gasteiger partial charge in [-0.15, -0.1) is 0 Å². The third-order valence-electron chi connectivity index (χ3n) is 7.62. The molecule has 2 saturated heterocycles. The lowest BCUT2D eigenvalue weighted by molar-refractivity contribution is 0.120. The summed E-state index contributed by atoms with van der Waals surface area (Å²) in [5, 5.41) is 20.3. The first-order chi connectivity index (χ1) is 18.1. The lowest BCUT2D eigenvalue weighted by Crippen LogP contribution is -2.54. The molecule has 0 saturated carbocycles. The van der Waals surface area contributed by atoms with E-state index in [0.717, 1.165) is 50.5 Å². The van der Waals surface area contributed by atoms with E-state index in [-0.39, 0.29) is 17.5 Å². The first kappa shape index (κ1) is 27.1. The molecule has 0 radical (unpaired) electrons. The van der Waals surface area contributed by atoms with Gasteiger partial charge in [0.15, 0.2) is 11.3 Å². The van der Waals surface area contributed by atoms with Crippen molar-refractivity contribution < 1.29 is 8.42 Å². The van der Waals surface area contributed by atoms with Crippen molar-refractivity contribution in [3.63, 3.8) is 0 Å². The predicted octanol–water partition coefficient (Wildman–Crippen LogP) is 3.44. The van der Waals surface area contributed by atoms with E-state index in [2.05, 4.69) is 26.0 Å². The zero-order valence-corrected chi connectivity index (χ0v) is 23.4. The Morgan fingerprint density at radius 3 is 2.74 bits per heavy atom. The summed E-state index contributed by atoms with van der Waals surface area (Å²) in [5.74, 6) is 1.89. The number of nitrogens with two attached hydrogens (primary N) is 1. The van der Waals surface area contributed by atoms with Gasteiger partial charge in [0.05, 0.1) is 18.0 Å². The quantitative estimate of drug-likeness (QED) is 0.431. The van der Waals surface area contributed by atoms with Gasteiger partial charge in [-0.3, -0.25) is 0 Å². The summed E-state index contributed by atoms with van der Waals surface area (Å²) in [6.45, 7) is 6.45. The van der Waals surface area contributed by atoms with E-state index in [0.29, 0.717) is 39.5 Å². The first-order valence-electron chi connectivity index (χ1n) is 12.7. The summed E-state index contributed by atoms with van der Waals surface area (Å²) in [4.78, 5) is 14.0. The molecule has 2 aliphatic rings. The maximum Gasteiger partial charge on any atom is 0.209 e. The summed E-state index contributed by atoms with van der Waals surface area (Å²) < 4.78 is 24.2. The number of sulfonamides is 1. The predicted molar refractivity (Wildman–Crippen MR) is 148 cm³/mol. The number of primary sulfonamides is 1. The molecule has 4 heterocycles. The summed E-state index contributed by atoms with van der Waals surface area (Å²) in [5.41, 5.74) is 2.06. The second kappa shape index (κ2) is 10.9. The van der Waals surface area contributed by atoms with Crippen molar-refractivity contribution in [2.45, 2.75) is 32.2 Å². The minimum Gasteiger partial charge on any atom is -0.355 e. The second-order valence-electron chi connectivity index (χ2n) is 10.2. The lowest BCUT2D eigenvalue weighted by Gasteiger charge is -2.47. The average molecular weight is 578 g/mol. The molecule has 202 valence electrons. The molecule has 0 unspecified atom stereocenters. The average Bonchev–Trinajstić information content (AvgIpc) is 3.20. The van der Waals surface area contributed by atoms with E-state index in [1.165, 1.54) is 6.42 Å². The second-order valence-corrected chi connectivity index (χ2v) is 12.8. The van der Waals surface area contributed by atoms with Crippen molar-refractivity contribution in [1.82, 2.24) is 24.6 Å². The Bertz CT molecular complexity index is 1480. The Morgan fingerprint density at radius 1 is 1.24 bits per heavy atom. The molecule has 10 nitrogen and oxygen atoms in total. The number of nitriles is 1. The lowest BCUT2D eigenvalue weighted by atomic mass is 9.80. The highest BCUT2D eigenvalue weighted by Crippen LogP contribution is 2.35. The van der Waals surface area contributed by atoms with Crippen LogP contribution in [0.5, 0.6) is 0 Å². The molecule has 38 heavy (non-hydrogen) atoms. The number of halogens is 2. The van der Waals surface area contributed by atoms with Gasteiger partial charge >= 0.3 is 0 Å². The summed E-state index contributed by atoms with van der Waals surface area (Å²) in [7, 11) is -3.41. The number of aromatic nitrogens is 4. The highest BCUT2D eigenvalue weighted by atomic mass is 35.5.